The predicted molar refractivity (Wildman–Crippen MR) is 119 cm³/mol. The van der Waals surface area contributed by atoms with Gasteiger partial charge in [-0.2, -0.15) is 0 Å². The molecule has 2 aliphatic carbocycles. The number of rotatable bonds is 7. The van der Waals surface area contributed by atoms with Crippen LogP contribution in [0, 0.1) is 11.8 Å². The molecular formula is C23H33N5O4. The molecule has 0 spiro atoms. The third-order valence-electron chi connectivity index (χ3n) is 7.57. The first kappa shape index (κ1) is 21.6. The first-order valence-corrected chi connectivity index (χ1v) is 11.6. The number of carboxylic acids is 1. The third kappa shape index (κ3) is 3.86. The number of carbonyl (C=O) groups is 1. The molecular weight excluding hydrogens is 410 g/mol. The Balaban J connectivity index is 1.30. The number of ether oxygens (including phenoxy) is 2. The Morgan fingerprint density at radius 2 is 2.03 bits per heavy atom. The number of nitrogens with zero attached hydrogens (tertiary/aromatic N) is 4. The number of anilines is 1. The number of aliphatic carboxylic acids is 1. The molecule has 3 heterocycles. The lowest BCUT2D eigenvalue weighted by Crippen LogP contribution is -2.46. The molecule has 3 fully saturated rings. The van der Waals surface area contributed by atoms with Gasteiger partial charge in [-0.3, -0.25) is 4.79 Å². The lowest BCUT2D eigenvalue weighted by Gasteiger charge is -2.42. The number of hydrogen-bond donors (Lipinski definition) is 2. The molecule has 0 amide bonds. The Morgan fingerprint density at radius 1 is 1.28 bits per heavy atom. The normalized spacial score (nSPS) is 33.5. The van der Waals surface area contributed by atoms with Crippen LogP contribution in [-0.2, 0) is 14.3 Å². The van der Waals surface area contributed by atoms with E-state index >= 15 is 0 Å². The van der Waals surface area contributed by atoms with E-state index in [1.165, 1.54) is 6.33 Å². The SMILES string of the molecule is CN(C[C@H]1C[C@@H](n2ccc3c(N)ncnc32)[C@@H]2OC(C)(C)O[C@H]12)C1CC(CCC(=O)O)C1. The summed E-state index contributed by atoms with van der Waals surface area (Å²) < 4.78 is 14.9. The summed E-state index contributed by atoms with van der Waals surface area (Å²) in [5.74, 6) is 0.0528. The van der Waals surface area contributed by atoms with Crippen molar-refractivity contribution >= 4 is 22.8 Å². The standard InChI is InChI=1S/C23H33N5O4/c1-23(2)31-19-14(11-27(3)15-8-13(9-15)4-5-18(29)30)10-17(20(19)32-23)28-7-6-16-21(24)25-12-26-22(16)28/h6-7,12-15,17,19-20H,4-5,8-11H2,1-3H3,(H,29,30)(H2,24,25,26)/t13?,14-,15?,17-,19-,20+/m1/s1. The molecule has 0 unspecified atom stereocenters. The summed E-state index contributed by atoms with van der Waals surface area (Å²) in [6.45, 7) is 4.90. The summed E-state index contributed by atoms with van der Waals surface area (Å²) in [5, 5.41) is 9.77. The number of fused-ring (bicyclic) bond motifs is 2. The summed E-state index contributed by atoms with van der Waals surface area (Å²) in [4.78, 5) is 21.9. The van der Waals surface area contributed by atoms with Gasteiger partial charge in [0.25, 0.3) is 0 Å². The molecule has 1 aliphatic heterocycles. The van der Waals surface area contributed by atoms with Crippen LogP contribution in [0.15, 0.2) is 18.6 Å². The van der Waals surface area contributed by atoms with E-state index < -0.39 is 11.8 Å². The minimum Gasteiger partial charge on any atom is -0.481 e. The topological polar surface area (TPSA) is 116 Å². The highest BCUT2D eigenvalue weighted by atomic mass is 16.8. The van der Waals surface area contributed by atoms with Crippen LogP contribution in [0.1, 0.15) is 52.0 Å². The van der Waals surface area contributed by atoms with Gasteiger partial charge in [-0.05, 0) is 58.6 Å². The van der Waals surface area contributed by atoms with Crippen LogP contribution in [-0.4, -0.2) is 68.1 Å². The number of nitrogen functional groups attached to an aromatic ring is 1. The predicted octanol–water partition coefficient (Wildman–Crippen LogP) is 2.67. The van der Waals surface area contributed by atoms with Gasteiger partial charge in [-0.25, -0.2) is 9.97 Å². The molecule has 1 saturated heterocycles. The van der Waals surface area contributed by atoms with E-state index in [9.17, 15) is 4.79 Å². The fourth-order valence-corrected chi connectivity index (χ4v) is 5.91. The molecule has 4 atom stereocenters. The quantitative estimate of drug-likeness (QED) is 0.671. The second-order valence-corrected chi connectivity index (χ2v) is 10.2. The molecule has 3 aliphatic rings. The van der Waals surface area contributed by atoms with E-state index in [1.54, 1.807) is 0 Å². The fourth-order valence-electron chi connectivity index (χ4n) is 5.91. The van der Waals surface area contributed by atoms with Crippen molar-refractivity contribution in [2.24, 2.45) is 11.8 Å². The highest BCUT2D eigenvalue weighted by molar-refractivity contribution is 5.86. The van der Waals surface area contributed by atoms with E-state index in [0.29, 0.717) is 23.7 Å². The van der Waals surface area contributed by atoms with E-state index in [4.69, 9.17) is 20.3 Å². The van der Waals surface area contributed by atoms with Crippen LogP contribution in [0.5, 0.6) is 0 Å². The molecule has 9 heteroatoms. The summed E-state index contributed by atoms with van der Waals surface area (Å²) in [6, 6.07) is 2.62. The van der Waals surface area contributed by atoms with Gasteiger partial charge in [0.15, 0.2) is 5.79 Å². The van der Waals surface area contributed by atoms with Gasteiger partial charge in [-0.1, -0.05) is 0 Å². The monoisotopic (exact) mass is 443 g/mol. The maximum atomic E-state index is 10.8. The second kappa shape index (κ2) is 7.97. The zero-order valence-electron chi connectivity index (χ0n) is 19.0. The van der Waals surface area contributed by atoms with E-state index in [0.717, 1.165) is 43.3 Å². The zero-order valence-corrected chi connectivity index (χ0v) is 19.0. The third-order valence-corrected chi connectivity index (χ3v) is 7.57. The van der Waals surface area contributed by atoms with Crippen molar-refractivity contribution < 1.29 is 19.4 Å². The average molecular weight is 444 g/mol. The number of nitrogens with two attached hydrogens (primary N) is 1. The number of hydrogen-bond acceptors (Lipinski definition) is 7. The Hall–Kier alpha value is -2.23. The van der Waals surface area contributed by atoms with Gasteiger partial charge in [-0.15, -0.1) is 0 Å². The van der Waals surface area contributed by atoms with Gasteiger partial charge in [0, 0.05) is 31.1 Å². The average Bonchev–Trinajstić information content (AvgIpc) is 3.33. The van der Waals surface area contributed by atoms with Crippen LogP contribution in [0.3, 0.4) is 0 Å². The van der Waals surface area contributed by atoms with Crippen molar-refractivity contribution in [3.63, 3.8) is 0 Å². The van der Waals surface area contributed by atoms with Crippen molar-refractivity contribution in [1.29, 1.82) is 0 Å². The van der Waals surface area contributed by atoms with Crippen LogP contribution >= 0.6 is 0 Å². The molecule has 2 aromatic heterocycles. The number of aromatic nitrogens is 3. The highest BCUT2D eigenvalue weighted by Gasteiger charge is 2.55. The van der Waals surface area contributed by atoms with Crippen LogP contribution < -0.4 is 5.73 Å². The fraction of sp³-hybridized carbons (Fsp3) is 0.696. The molecule has 174 valence electrons. The molecule has 0 radical (unpaired) electrons. The maximum Gasteiger partial charge on any atom is 0.303 e. The maximum absolute atomic E-state index is 10.8. The summed E-state index contributed by atoms with van der Waals surface area (Å²) in [7, 11) is 2.18. The summed E-state index contributed by atoms with van der Waals surface area (Å²) >= 11 is 0. The van der Waals surface area contributed by atoms with Crippen molar-refractivity contribution in [1.82, 2.24) is 19.4 Å². The lowest BCUT2D eigenvalue weighted by atomic mass is 9.76. The smallest absolute Gasteiger partial charge is 0.303 e. The lowest BCUT2D eigenvalue weighted by molar-refractivity contribution is -0.161. The van der Waals surface area contributed by atoms with Gasteiger partial charge < -0.3 is 29.8 Å². The van der Waals surface area contributed by atoms with Gasteiger partial charge in [0.2, 0.25) is 0 Å². The van der Waals surface area contributed by atoms with E-state index in [-0.39, 0.29) is 24.7 Å². The first-order chi connectivity index (χ1) is 15.2. The second-order valence-electron chi connectivity index (χ2n) is 10.2. The largest absolute Gasteiger partial charge is 0.481 e. The molecule has 5 rings (SSSR count). The molecule has 32 heavy (non-hydrogen) atoms. The van der Waals surface area contributed by atoms with E-state index in [2.05, 4.69) is 26.5 Å². The van der Waals surface area contributed by atoms with Gasteiger partial charge in [0.1, 0.15) is 23.9 Å². The summed E-state index contributed by atoms with van der Waals surface area (Å²) in [6.07, 6.45) is 7.69. The Kier molecular flexibility index (Phi) is 5.38. The molecule has 9 nitrogen and oxygen atoms in total. The first-order valence-electron chi connectivity index (χ1n) is 11.6. The van der Waals surface area contributed by atoms with Gasteiger partial charge in [0.05, 0.1) is 17.5 Å². The van der Waals surface area contributed by atoms with Crippen molar-refractivity contribution in [3.8, 4) is 0 Å². The van der Waals surface area contributed by atoms with Crippen LogP contribution in [0.4, 0.5) is 5.82 Å². The van der Waals surface area contributed by atoms with Gasteiger partial charge >= 0.3 is 5.97 Å². The molecule has 3 N–H and O–H groups in total. The Labute approximate surface area is 187 Å². The molecule has 0 bridgehead atoms. The number of carboxylic acid groups (broad SMARTS) is 1. The van der Waals surface area contributed by atoms with Crippen LogP contribution in [0.2, 0.25) is 0 Å². The Morgan fingerprint density at radius 3 is 2.78 bits per heavy atom. The summed E-state index contributed by atoms with van der Waals surface area (Å²) in [5.41, 5.74) is 6.89. The van der Waals surface area contributed by atoms with Crippen molar-refractivity contribution in [2.45, 2.75) is 76.0 Å². The van der Waals surface area contributed by atoms with Crippen molar-refractivity contribution in [2.75, 3.05) is 19.3 Å². The minimum atomic E-state index is -0.699. The van der Waals surface area contributed by atoms with E-state index in [1.807, 2.05) is 26.1 Å². The Bertz CT molecular complexity index is 1000. The molecule has 0 aromatic carbocycles. The van der Waals surface area contributed by atoms with Crippen molar-refractivity contribution in [3.05, 3.63) is 18.6 Å². The molecule has 2 aromatic rings. The molecule has 2 saturated carbocycles. The highest BCUT2D eigenvalue weighted by Crippen LogP contribution is 2.48. The zero-order chi connectivity index (χ0) is 22.6. The minimum absolute atomic E-state index is 0.0250. The van der Waals surface area contributed by atoms with Crippen LogP contribution in [0.25, 0.3) is 11.0 Å².